The number of aromatic nitrogens is 3. The first-order valence-electron chi connectivity index (χ1n) is 27.6. The maximum absolute atomic E-state index is 14.5. The zero-order chi connectivity index (χ0) is 66.6. The Morgan fingerprint density at radius 2 is 0.736 bits per heavy atom. The Bertz CT molecular complexity index is 3780. The second-order valence-corrected chi connectivity index (χ2v) is 21.8. The molecule has 3 fully saturated rings. The van der Waals surface area contributed by atoms with Crippen molar-refractivity contribution in [1.82, 2.24) is 54.6 Å². The lowest BCUT2D eigenvalue weighted by molar-refractivity contribution is -0.128. The number of Topliss-reactive ketones (excluding diaryl/α,β-unsaturated/α-hetero) is 3. The monoisotopic (exact) mass is 1310 g/mol. The van der Waals surface area contributed by atoms with Gasteiger partial charge in [0.1, 0.15) is 23.1 Å². The van der Waals surface area contributed by atoms with Crippen LogP contribution in [0.5, 0.6) is 0 Å². The SMILES string of the molecule is CN(C)C(=O)Cl.COC(=O)c1ccc(F)c2c(C(=O)C(=O)N3CCN(C(=O)N(C)C)CC3)c[nH]c12.COC(=O)c1ccc(F)c2c(C(=O)C(=O)N3CCN(C(=O)OC(C)(C)C)CC3)c[nH]c12.COC(=O)c1ccc(F)c2c(C(=O)C(=O)N3CCNCC3)c[nH]c12.Cl. The molecule has 0 saturated carbocycles. The minimum absolute atomic E-state index is 0. The number of hydrogen-bond acceptors (Lipinski definition) is 17. The molecule has 9 rings (SSSR count). The van der Waals surface area contributed by atoms with Gasteiger partial charge >= 0.3 is 35.4 Å². The van der Waals surface area contributed by atoms with Crippen molar-refractivity contribution in [1.29, 1.82) is 0 Å². The van der Waals surface area contributed by atoms with Crippen molar-refractivity contribution in [2.75, 3.05) is 128 Å². The fraction of sp³-hybridized carbons (Fsp3) is 0.390. The van der Waals surface area contributed by atoms with Gasteiger partial charge in [-0.05, 0) is 68.8 Å². The largest absolute Gasteiger partial charge is 0.465 e. The number of ketones is 3. The predicted molar refractivity (Wildman–Crippen MR) is 325 cm³/mol. The number of fused-ring (bicyclic) bond motifs is 3. The van der Waals surface area contributed by atoms with E-state index in [2.05, 4.69) is 34.5 Å². The number of ether oxygens (including phenoxy) is 4. The highest BCUT2D eigenvalue weighted by molar-refractivity contribution is 6.62. The third-order valence-electron chi connectivity index (χ3n) is 14.1. The van der Waals surface area contributed by atoms with Gasteiger partial charge in [-0.15, -0.1) is 12.4 Å². The molecule has 0 atom stereocenters. The number of benzene rings is 3. The summed E-state index contributed by atoms with van der Waals surface area (Å²) in [6.07, 6.45) is 3.19. The van der Waals surface area contributed by atoms with E-state index in [-0.39, 0.29) is 124 Å². The van der Waals surface area contributed by atoms with Gasteiger partial charge in [0.05, 0.1) is 71.3 Å². The van der Waals surface area contributed by atoms with E-state index in [1.807, 2.05) is 0 Å². The van der Waals surface area contributed by atoms with E-state index in [9.17, 15) is 70.7 Å². The van der Waals surface area contributed by atoms with Gasteiger partial charge in [-0.25, -0.2) is 37.1 Å². The molecule has 6 aromatic rings. The van der Waals surface area contributed by atoms with Crippen LogP contribution in [0.1, 0.15) is 82.9 Å². The Labute approximate surface area is 529 Å². The molecule has 490 valence electrons. The molecule has 4 N–H and O–H groups in total. The summed E-state index contributed by atoms with van der Waals surface area (Å²) < 4.78 is 62.4. The molecule has 7 amide bonds. The number of amides is 7. The summed E-state index contributed by atoms with van der Waals surface area (Å²) in [4.78, 5) is 163. The zero-order valence-electron chi connectivity index (χ0n) is 51.3. The number of rotatable bonds is 9. The molecule has 91 heavy (non-hydrogen) atoms. The van der Waals surface area contributed by atoms with Crippen LogP contribution in [0.2, 0.25) is 0 Å². The van der Waals surface area contributed by atoms with Gasteiger partial charge in [0.15, 0.2) is 0 Å². The summed E-state index contributed by atoms with van der Waals surface area (Å²) in [5, 5.41) is 2.30. The lowest BCUT2D eigenvalue weighted by Crippen LogP contribution is -2.54. The van der Waals surface area contributed by atoms with Crippen molar-refractivity contribution in [3.8, 4) is 0 Å². The fourth-order valence-electron chi connectivity index (χ4n) is 9.45. The average molecular weight is 1320 g/mol. The summed E-state index contributed by atoms with van der Waals surface area (Å²) in [6.45, 7) is 9.02. The van der Waals surface area contributed by atoms with Crippen LogP contribution >= 0.6 is 24.0 Å². The molecule has 32 heteroatoms. The molecule has 0 unspecified atom stereocenters. The molecule has 3 aliphatic rings. The van der Waals surface area contributed by atoms with Crippen LogP contribution in [-0.2, 0) is 33.3 Å². The summed E-state index contributed by atoms with van der Waals surface area (Å²) in [6, 6.07) is 6.76. The molecule has 0 spiro atoms. The molecule has 3 aliphatic heterocycles. The maximum Gasteiger partial charge on any atom is 0.410 e. The highest BCUT2D eigenvalue weighted by Gasteiger charge is 2.35. The summed E-state index contributed by atoms with van der Waals surface area (Å²) >= 11 is 4.90. The molecule has 0 radical (unpaired) electrons. The molecule has 27 nitrogen and oxygen atoms in total. The van der Waals surface area contributed by atoms with E-state index >= 15 is 0 Å². The standard InChI is InChI=1S/C21H24FN3O6.C19H21FN4O5.C16H16FN3O4.C3H6ClNO.ClH/c1-21(2,3)31-20(29)25-9-7-24(8-10-25)18(27)17(26)13-11-23-16-12(19(28)30-4)5-6-14(22)15(13)16;1-22(2)19(28)24-8-6-23(7-9-24)17(26)16(25)12-10-21-15-11(18(27)29-3)4-5-13(20)14(12)15;1-24-16(23)9-2-3-11(17)12-10(8-19-13(9)12)14(21)15(22)20-6-4-18-5-7-20;1-5(2)3(4)6;/h5-6,11,23H,7-10H2,1-4H3;4-5,10,21H,6-9H2,1-3H3;2-3,8,18-19H,4-7H2,1H3;1-2H3;1H. The van der Waals surface area contributed by atoms with Crippen LogP contribution in [-0.4, -0.2) is 253 Å². The predicted octanol–water partition coefficient (Wildman–Crippen LogP) is 5.49. The number of urea groups is 1. The number of aromatic amines is 3. The van der Waals surface area contributed by atoms with Crippen LogP contribution in [0.25, 0.3) is 32.7 Å². The van der Waals surface area contributed by atoms with Crippen LogP contribution in [0.3, 0.4) is 0 Å². The molecular formula is C59H68Cl2F3N11O16. The highest BCUT2D eigenvalue weighted by atomic mass is 35.5. The first kappa shape index (κ1) is 72.2. The van der Waals surface area contributed by atoms with Gasteiger partial charge in [0, 0.05) is 141 Å². The third-order valence-corrected chi connectivity index (χ3v) is 14.4. The van der Waals surface area contributed by atoms with Gasteiger partial charge < -0.3 is 73.5 Å². The van der Waals surface area contributed by atoms with Crippen LogP contribution in [0, 0.1) is 17.5 Å². The third kappa shape index (κ3) is 16.8. The van der Waals surface area contributed by atoms with Gasteiger partial charge in [-0.2, -0.15) is 0 Å². The molecular weight excluding hydrogens is 1250 g/mol. The maximum atomic E-state index is 14.5. The van der Waals surface area contributed by atoms with Gasteiger partial charge in [0.25, 0.3) is 35.1 Å². The Kier molecular flexibility index (Phi) is 24.8. The van der Waals surface area contributed by atoms with E-state index in [4.69, 9.17) is 16.3 Å². The number of H-pyrrole nitrogens is 3. The van der Waals surface area contributed by atoms with Crippen molar-refractivity contribution in [2.24, 2.45) is 0 Å². The number of nitrogens with zero attached hydrogens (tertiary/aromatic N) is 7. The molecule has 0 aliphatic carbocycles. The second kappa shape index (κ2) is 31.3. The Morgan fingerprint density at radius 3 is 1.01 bits per heavy atom. The number of esters is 3. The number of nitrogens with one attached hydrogen (secondary N) is 4. The molecule has 3 aromatic carbocycles. The lowest BCUT2D eigenvalue weighted by Gasteiger charge is -2.35. The van der Waals surface area contributed by atoms with Crippen molar-refractivity contribution < 1.29 is 89.7 Å². The minimum atomic E-state index is -0.905. The summed E-state index contributed by atoms with van der Waals surface area (Å²) in [7, 11) is 10.0. The fourth-order valence-corrected chi connectivity index (χ4v) is 9.45. The quantitative estimate of drug-likeness (QED) is 0.0347. The summed E-state index contributed by atoms with van der Waals surface area (Å²) in [5.41, 5.74) is -0.520. The number of carbonyl (C=O) groups excluding carboxylic acids is 12. The van der Waals surface area contributed by atoms with Crippen molar-refractivity contribution in [3.05, 3.63) is 106 Å². The summed E-state index contributed by atoms with van der Waals surface area (Å²) in [5.74, 6) is -9.07. The Morgan fingerprint density at radius 1 is 0.451 bits per heavy atom. The number of piperazine rings is 3. The number of carbonyl (C=O) groups is 12. The molecule has 3 aromatic heterocycles. The first-order chi connectivity index (χ1) is 42.5. The first-order valence-corrected chi connectivity index (χ1v) is 28.0. The minimum Gasteiger partial charge on any atom is -0.465 e. The van der Waals surface area contributed by atoms with E-state index in [0.717, 1.165) is 18.2 Å². The second-order valence-electron chi connectivity index (χ2n) is 21.5. The Hall–Kier alpha value is -9.55. The lowest BCUT2D eigenvalue weighted by atomic mass is 10.0. The molecule has 6 heterocycles. The highest BCUT2D eigenvalue weighted by Crippen LogP contribution is 2.30. The van der Waals surface area contributed by atoms with E-state index in [1.165, 1.54) is 87.5 Å². The number of halogens is 5. The van der Waals surface area contributed by atoms with Crippen molar-refractivity contribution >= 4 is 127 Å². The van der Waals surface area contributed by atoms with E-state index in [1.54, 1.807) is 53.9 Å². The van der Waals surface area contributed by atoms with E-state index in [0.29, 0.717) is 39.3 Å². The zero-order valence-corrected chi connectivity index (χ0v) is 52.8. The van der Waals surface area contributed by atoms with Gasteiger partial charge in [-0.1, -0.05) is 0 Å². The van der Waals surface area contributed by atoms with Crippen molar-refractivity contribution in [2.45, 2.75) is 26.4 Å². The van der Waals surface area contributed by atoms with Gasteiger partial charge in [-0.3, -0.25) is 33.6 Å². The van der Waals surface area contributed by atoms with Gasteiger partial charge in [0.2, 0.25) is 0 Å². The number of hydrogen-bond donors (Lipinski definition) is 4. The molecule has 3 saturated heterocycles. The molecule has 0 bridgehead atoms. The van der Waals surface area contributed by atoms with Crippen LogP contribution in [0.4, 0.5) is 27.6 Å². The smallest absolute Gasteiger partial charge is 0.410 e. The average Bonchev–Trinajstić information content (AvgIpc) is 1.68. The van der Waals surface area contributed by atoms with Crippen LogP contribution in [0.15, 0.2) is 55.0 Å². The number of methoxy groups -OCH3 is 3. The topological polar surface area (TPSA) is 324 Å². The Balaban J connectivity index is 0.000000237. The van der Waals surface area contributed by atoms with Crippen molar-refractivity contribution in [3.63, 3.8) is 0 Å². The normalized spacial score (nSPS) is 13.8. The van der Waals surface area contributed by atoms with E-state index < -0.39 is 87.5 Å². The van der Waals surface area contributed by atoms with Crippen LogP contribution < -0.4 is 5.32 Å².